The molecule has 0 heterocycles. The number of rotatable bonds is 7. The van der Waals surface area contributed by atoms with Gasteiger partial charge in [-0.15, -0.1) is 0 Å². The minimum absolute atomic E-state index is 0.133. The average molecular weight is 230 g/mol. The summed E-state index contributed by atoms with van der Waals surface area (Å²) in [7, 11) is 1.27. The lowest BCUT2D eigenvalue weighted by atomic mass is 10.1. The first-order valence-electron chi connectivity index (χ1n) is 4.40. The van der Waals surface area contributed by atoms with Crippen LogP contribution in [0.5, 0.6) is 0 Å². The van der Waals surface area contributed by atoms with Gasteiger partial charge >= 0.3 is 11.8 Å². The van der Waals surface area contributed by atoms with Gasteiger partial charge in [0, 0.05) is 20.1 Å². The van der Waals surface area contributed by atoms with Crippen molar-refractivity contribution in [2.24, 2.45) is 0 Å². The number of halogens is 4. The van der Waals surface area contributed by atoms with E-state index in [-0.39, 0.29) is 19.1 Å². The van der Waals surface area contributed by atoms with Crippen molar-refractivity contribution in [2.45, 2.75) is 24.7 Å². The molecule has 0 aromatic heterocycles. The zero-order valence-corrected chi connectivity index (χ0v) is 8.35. The number of aliphatic hydroxyl groups excluding tert-OH is 1. The fourth-order valence-electron chi connectivity index (χ4n) is 0.882. The summed E-state index contributed by atoms with van der Waals surface area (Å²) in [6, 6.07) is 0. The summed E-state index contributed by atoms with van der Waals surface area (Å²) in [5.41, 5.74) is 0. The van der Waals surface area contributed by atoms with E-state index in [1.165, 1.54) is 7.11 Å². The molecule has 15 heavy (non-hydrogen) atoms. The van der Waals surface area contributed by atoms with Crippen LogP contribution in [0.3, 0.4) is 0 Å². The Morgan fingerprint density at radius 2 is 1.87 bits per heavy atom. The van der Waals surface area contributed by atoms with Gasteiger partial charge in [0.1, 0.15) is 0 Å². The summed E-state index contributed by atoms with van der Waals surface area (Å²) in [4.78, 5) is 0. The van der Waals surface area contributed by atoms with Crippen molar-refractivity contribution in [1.82, 2.24) is 0 Å². The highest BCUT2D eigenvalue weighted by molar-refractivity contribution is 5.02. The zero-order chi connectivity index (χ0) is 11.9. The van der Waals surface area contributed by atoms with E-state index in [1.54, 1.807) is 0 Å². The van der Waals surface area contributed by atoms with E-state index in [2.05, 4.69) is 4.74 Å². The maximum atomic E-state index is 12.9. The molecule has 0 bridgehead atoms. The van der Waals surface area contributed by atoms with Gasteiger partial charge in [-0.2, -0.15) is 17.6 Å². The molecular weight excluding hydrogens is 216 g/mol. The van der Waals surface area contributed by atoms with Crippen molar-refractivity contribution < 1.29 is 27.4 Å². The lowest BCUT2D eigenvalue weighted by molar-refractivity contribution is -0.184. The summed E-state index contributed by atoms with van der Waals surface area (Å²) in [5, 5.41) is 8.29. The second kappa shape index (κ2) is 6.07. The van der Waals surface area contributed by atoms with Crippen molar-refractivity contribution in [2.75, 3.05) is 20.3 Å². The Balaban J connectivity index is 4.39. The molecule has 0 amide bonds. The predicted molar refractivity (Wildman–Crippen MR) is 47.2 cm³/mol. The minimum Gasteiger partial charge on any atom is -0.396 e. The number of aliphatic hydroxyl groups is 1. The van der Waals surface area contributed by atoms with E-state index >= 15 is 0 Å². The lowest BCUT2D eigenvalue weighted by Crippen LogP contribution is -2.38. The molecule has 0 spiro atoms. The predicted octanol–water partition coefficient (Wildman–Crippen LogP) is 2.23. The van der Waals surface area contributed by atoms with Crippen molar-refractivity contribution in [3.8, 4) is 0 Å². The molecule has 0 aromatic rings. The molecule has 0 unspecified atom stereocenters. The first kappa shape index (κ1) is 14.4. The summed E-state index contributed by atoms with van der Waals surface area (Å²) in [5.74, 6) is -8.35. The molecule has 0 atom stereocenters. The Morgan fingerprint density at radius 3 is 2.33 bits per heavy atom. The van der Waals surface area contributed by atoms with Gasteiger partial charge in [-0.25, -0.2) is 0 Å². The van der Waals surface area contributed by atoms with Crippen molar-refractivity contribution >= 4 is 0 Å². The van der Waals surface area contributed by atoms with Gasteiger partial charge in [0.05, 0.1) is 6.61 Å². The van der Waals surface area contributed by atoms with E-state index in [9.17, 15) is 17.6 Å². The van der Waals surface area contributed by atoms with Crippen molar-refractivity contribution in [1.29, 1.82) is 0 Å². The number of ether oxygens (including phenoxy) is 1. The second-order valence-corrected chi connectivity index (χ2v) is 3.01. The summed E-state index contributed by atoms with van der Waals surface area (Å²) in [6.45, 7) is -0.681. The van der Waals surface area contributed by atoms with Gasteiger partial charge in [0.15, 0.2) is 0 Å². The lowest BCUT2D eigenvalue weighted by Gasteiger charge is -2.23. The quantitative estimate of drug-likeness (QED) is 0.537. The third kappa shape index (κ3) is 4.61. The maximum Gasteiger partial charge on any atom is 0.328 e. The van der Waals surface area contributed by atoms with Crippen LogP contribution in [0, 0.1) is 0 Å². The van der Waals surface area contributed by atoms with Crippen LogP contribution in [-0.4, -0.2) is 37.3 Å². The molecule has 1 N–H and O–H groups in total. The van der Waals surface area contributed by atoms with Crippen molar-refractivity contribution in [3.63, 3.8) is 0 Å². The molecule has 0 aliphatic rings. The zero-order valence-electron chi connectivity index (χ0n) is 8.35. The molecule has 0 fully saturated rings. The van der Waals surface area contributed by atoms with E-state index in [0.717, 1.165) is 6.08 Å². The topological polar surface area (TPSA) is 29.5 Å². The third-order valence-corrected chi connectivity index (χ3v) is 1.73. The summed E-state index contributed by atoms with van der Waals surface area (Å²) < 4.78 is 55.9. The van der Waals surface area contributed by atoms with Gasteiger partial charge < -0.3 is 9.84 Å². The molecule has 2 nitrogen and oxygen atoms in total. The highest BCUT2D eigenvalue weighted by atomic mass is 19.3. The smallest absolute Gasteiger partial charge is 0.328 e. The average Bonchev–Trinajstić information content (AvgIpc) is 2.15. The Labute approximate surface area is 85.5 Å². The van der Waals surface area contributed by atoms with Gasteiger partial charge in [0.25, 0.3) is 0 Å². The summed E-state index contributed by atoms with van der Waals surface area (Å²) in [6.07, 6.45) is -0.435. The van der Waals surface area contributed by atoms with E-state index in [0.29, 0.717) is 0 Å². The molecule has 0 radical (unpaired) electrons. The molecular formula is C9H14F4O2. The van der Waals surface area contributed by atoms with Crippen LogP contribution in [0.2, 0.25) is 0 Å². The van der Waals surface area contributed by atoms with Crippen LogP contribution in [0.15, 0.2) is 12.2 Å². The number of methoxy groups -OCH3 is 1. The maximum absolute atomic E-state index is 12.9. The molecule has 0 saturated carbocycles. The minimum atomic E-state index is -4.21. The number of hydrogen-bond donors (Lipinski definition) is 1. The van der Waals surface area contributed by atoms with Gasteiger partial charge in [-0.1, -0.05) is 6.08 Å². The van der Waals surface area contributed by atoms with Crippen LogP contribution in [-0.2, 0) is 4.74 Å². The van der Waals surface area contributed by atoms with E-state index in [4.69, 9.17) is 5.11 Å². The Morgan fingerprint density at radius 1 is 1.27 bits per heavy atom. The normalized spacial score (nSPS) is 13.7. The monoisotopic (exact) mass is 230 g/mol. The van der Waals surface area contributed by atoms with Gasteiger partial charge in [0.2, 0.25) is 0 Å². The number of allylic oxidation sites excluding steroid dienone is 1. The fraction of sp³-hybridized carbons (Fsp3) is 0.778. The van der Waals surface area contributed by atoms with E-state index in [1.807, 2.05) is 0 Å². The third-order valence-electron chi connectivity index (χ3n) is 1.73. The molecule has 0 rings (SSSR count). The first-order chi connectivity index (χ1) is 6.87. The largest absolute Gasteiger partial charge is 0.396 e. The Hall–Kier alpha value is -0.620. The number of hydrogen-bond acceptors (Lipinski definition) is 2. The standard InChI is InChI=1S/C9H14F4O2/c1-15-7-3-5-9(12,13)8(10,11)4-2-6-14/h3,5,14H,2,4,6-7H2,1H3/b5-3+. The molecule has 0 aliphatic heterocycles. The second-order valence-electron chi connectivity index (χ2n) is 3.01. The molecule has 0 aliphatic carbocycles. The van der Waals surface area contributed by atoms with E-state index < -0.39 is 24.9 Å². The van der Waals surface area contributed by atoms with Gasteiger partial charge in [-0.05, 0) is 12.5 Å². The SMILES string of the molecule is COC/C=C/C(F)(F)C(F)(F)CCCO. The summed E-state index contributed by atoms with van der Waals surface area (Å²) >= 11 is 0. The first-order valence-corrected chi connectivity index (χ1v) is 4.40. The van der Waals surface area contributed by atoms with Crippen LogP contribution >= 0.6 is 0 Å². The van der Waals surface area contributed by atoms with Gasteiger partial charge in [-0.3, -0.25) is 0 Å². The van der Waals surface area contributed by atoms with Crippen LogP contribution in [0.1, 0.15) is 12.8 Å². The molecule has 0 aromatic carbocycles. The molecule has 6 heteroatoms. The highest BCUT2D eigenvalue weighted by Gasteiger charge is 2.53. The van der Waals surface area contributed by atoms with Crippen LogP contribution < -0.4 is 0 Å². The Bertz CT molecular complexity index is 204. The Kier molecular flexibility index (Phi) is 5.82. The van der Waals surface area contributed by atoms with Crippen LogP contribution in [0.25, 0.3) is 0 Å². The highest BCUT2D eigenvalue weighted by Crippen LogP contribution is 2.38. The molecule has 90 valence electrons. The fourth-order valence-corrected chi connectivity index (χ4v) is 0.882. The molecule has 0 saturated heterocycles. The van der Waals surface area contributed by atoms with Crippen LogP contribution in [0.4, 0.5) is 17.6 Å². The number of alkyl halides is 4. The van der Waals surface area contributed by atoms with Crippen molar-refractivity contribution in [3.05, 3.63) is 12.2 Å².